The summed E-state index contributed by atoms with van der Waals surface area (Å²) in [5, 5.41) is 3.15. The molecule has 2 rings (SSSR count). The number of rotatable bonds is 5. The molecule has 0 aromatic heterocycles. The topological polar surface area (TPSA) is 41.6 Å². The van der Waals surface area contributed by atoms with E-state index in [0.717, 1.165) is 12.8 Å². The summed E-state index contributed by atoms with van der Waals surface area (Å²) in [6, 6.07) is 0.613. The number of ether oxygens (including phenoxy) is 1. The van der Waals surface area contributed by atoms with Crippen molar-refractivity contribution in [2.45, 2.75) is 24.9 Å². The molecule has 0 bridgehead atoms. The SMILES string of the molecule is C=CCN(C(=O)C1COCC1NC)C1CC1. The molecule has 1 amide bonds. The molecule has 2 unspecified atom stereocenters. The minimum absolute atomic E-state index is 0.0226. The average Bonchev–Trinajstić information content (AvgIpc) is 3.01. The third-order valence-corrected chi connectivity index (χ3v) is 3.37. The molecule has 0 aromatic carbocycles. The first kappa shape index (κ1) is 11.6. The third-order valence-electron chi connectivity index (χ3n) is 3.37. The van der Waals surface area contributed by atoms with Crippen molar-refractivity contribution in [3.63, 3.8) is 0 Å². The second-order valence-corrected chi connectivity index (χ2v) is 4.55. The Balaban J connectivity index is 2.00. The van der Waals surface area contributed by atoms with E-state index in [1.54, 1.807) is 6.08 Å². The largest absolute Gasteiger partial charge is 0.379 e. The maximum Gasteiger partial charge on any atom is 0.230 e. The molecule has 2 atom stereocenters. The summed E-state index contributed by atoms with van der Waals surface area (Å²) < 4.78 is 5.37. The van der Waals surface area contributed by atoms with Gasteiger partial charge in [0.15, 0.2) is 0 Å². The van der Waals surface area contributed by atoms with E-state index in [4.69, 9.17) is 4.74 Å². The van der Waals surface area contributed by atoms with Gasteiger partial charge in [-0.1, -0.05) is 6.08 Å². The van der Waals surface area contributed by atoms with Gasteiger partial charge in [0.05, 0.1) is 19.1 Å². The van der Waals surface area contributed by atoms with Crippen molar-refractivity contribution in [3.05, 3.63) is 12.7 Å². The number of carbonyl (C=O) groups excluding carboxylic acids is 1. The minimum atomic E-state index is -0.0226. The lowest BCUT2D eigenvalue weighted by Crippen LogP contribution is -2.45. The van der Waals surface area contributed by atoms with Crippen molar-refractivity contribution in [1.82, 2.24) is 10.2 Å². The molecule has 1 N–H and O–H groups in total. The van der Waals surface area contributed by atoms with Gasteiger partial charge in [0.25, 0.3) is 0 Å². The van der Waals surface area contributed by atoms with E-state index in [2.05, 4.69) is 11.9 Å². The lowest BCUT2D eigenvalue weighted by atomic mass is 10.0. The van der Waals surface area contributed by atoms with Crippen molar-refractivity contribution >= 4 is 5.91 Å². The van der Waals surface area contributed by atoms with Crippen molar-refractivity contribution < 1.29 is 9.53 Å². The molecule has 90 valence electrons. The number of hydrogen-bond acceptors (Lipinski definition) is 3. The second kappa shape index (κ2) is 4.97. The van der Waals surface area contributed by atoms with Gasteiger partial charge in [-0.15, -0.1) is 6.58 Å². The summed E-state index contributed by atoms with van der Waals surface area (Å²) in [6.45, 7) is 5.57. The quantitative estimate of drug-likeness (QED) is 0.687. The smallest absolute Gasteiger partial charge is 0.230 e. The zero-order valence-electron chi connectivity index (χ0n) is 9.82. The Labute approximate surface area is 96.6 Å². The highest BCUT2D eigenvalue weighted by Crippen LogP contribution is 2.29. The van der Waals surface area contributed by atoms with E-state index in [9.17, 15) is 4.79 Å². The summed E-state index contributed by atoms with van der Waals surface area (Å²) in [7, 11) is 1.88. The molecule has 1 heterocycles. The van der Waals surface area contributed by atoms with Crippen molar-refractivity contribution in [3.8, 4) is 0 Å². The highest BCUT2D eigenvalue weighted by Gasteiger charge is 2.40. The van der Waals surface area contributed by atoms with Crippen LogP contribution in [0.1, 0.15) is 12.8 Å². The van der Waals surface area contributed by atoms with E-state index >= 15 is 0 Å². The summed E-state index contributed by atoms with van der Waals surface area (Å²) in [5.74, 6) is 0.199. The Bertz CT molecular complexity index is 276. The molecule has 16 heavy (non-hydrogen) atoms. The van der Waals surface area contributed by atoms with E-state index in [1.807, 2.05) is 11.9 Å². The second-order valence-electron chi connectivity index (χ2n) is 4.55. The van der Waals surface area contributed by atoms with Crippen LogP contribution >= 0.6 is 0 Å². The van der Waals surface area contributed by atoms with E-state index in [0.29, 0.717) is 25.8 Å². The van der Waals surface area contributed by atoms with Crippen molar-refractivity contribution in [2.24, 2.45) is 5.92 Å². The van der Waals surface area contributed by atoms with E-state index in [1.165, 1.54) is 0 Å². The normalized spacial score (nSPS) is 29.1. The maximum atomic E-state index is 12.3. The van der Waals surface area contributed by atoms with Crippen LogP contribution in [0, 0.1) is 5.92 Å². The zero-order valence-corrected chi connectivity index (χ0v) is 9.82. The van der Waals surface area contributed by atoms with Crippen LogP contribution in [-0.2, 0) is 9.53 Å². The number of carbonyl (C=O) groups is 1. The van der Waals surface area contributed by atoms with Gasteiger partial charge in [-0.25, -0.2) is 0 Å². The van der Waals surface area contributed by atoms with Crippen LogP contribution in [0.3, 0.4) is 0 Å². The summed E-state index contributed by atoms with van der Waals surface area (Å²) in [4.78, 5) is 14.3. The summed E-state index contributed by atoms with van der Waals surface area (Å²) in [6.07, 6.45) is 4.08. The monoisotopic (exact) mass is 224 g/mol. The number of likely N-dealkylation sites (N-methyl/N-ethyl adjacent to an activating group) is 1. The Morgan fingerprint density at radius 3 is 2.88 bits per heavy atom. The van der Waals surface area contributed by atoms with Gasteiger partial charge in [0.1, 0.15) is 0 Å². The lowest BCUT2D eigenvalue weighted by Gasteiger charge is -2.26. The number of amides is 1. The first-order valence-electron chi connectivity index (χ1n) is 5.94. The molecular weight excluding hydrogens is 204 g/mol. The van der Waals surface area contributed by atoms with Crippen LogP contribution in [0.25, 0.3) is 0 Å². The van der Waals surface area contributed by atoms with E-state index < -0.39 is 0 Å². The molecule has 4 nitrogen and oxygen atoms in total. The fourth-order valence-electron chi connectivity index (χ4n) is 2.24. The molecule has 0 aromatic rings. The molecule has 1 saturated heterocycles. The van der Waals surface area contributed by atoms with Crippen LogP contribution in [0.2, 0.25) is 0 Å². The Morgan fingerprint density at radius 2 is 2.31 bits per heavy atom. The number of nitrogens with one attached hydrogen (secondary N) is 1. The molecule has 4 heteroatoms. The highest BCUT2D eigenvalue weighted by molar-refractivity contribution is 5.80. The number of nitrogens with zero attached hydrogens (tertiary/aromatic N) is 1. The molecule has 1 aliphatic carbocycles. The van der Waals surface area contributed by atoms with Gasteiger partial charge in [-0.3, -0.25) is 4.79 Å². The van der Waals surface area contributed by atoms with E-state index in [-0.39, 0.29) is 17.9 Å². The molecule has 1 saturated carbocycles. The maximum absolute atomic E-state index is 12.3. The van der Waals surface area contributed by atoms with Gasteiger partial charge in [-0.2, -0.15) is 0 Å². The lowest BCUT2D eigenvalue weighted by molar-refractivity contribution is -0.136. The molecule has 1 aliphatic heterocycles. The van der Waals surface area contributed by atoms with Crippen molar-refractivity contribution in [1.29, 1.82) is 0 Å². The first-order valence-corrected chi connectivity index (χ1v) is 5.94. The van der Waals surface area contributed by atoms with Crippen LogP contribution in [0.4, 0.5) is 0 Å². The highest BCUT2D eigenvalue weighted by atomic mass is 16.5. The predicted octanol–water partition coefficient (Wildman–Crippen LogP) is 0.398. The van der Waals surface area contributed by atoms with Gasteiger partial charge in [0, 0.05) is 18.6 Å². The summed E-state index contributed by atoms with van der Waals surface area (Å²) >= 11 is 0. The van der Waals surface area contributed by atoms with Gasteiger partial charge in [0.2, 0.25) is 5.91 Å². The van der Waals surface area contributed by atoms with Gasteiger partial charge >= 0.3 is 0 Å². The molecule has 0 spiro atoms. The molecule has 2 fully saturated rings. The first-order chi connectivity index (χ1) is 7.77. The standard InChI is InChI=1S/C12H20N2O2/c1-3-6-14(9-4-5-9)12(15)10-7-16-8-11(10)13-2/h3,9-11,13H,1,4-8H2,2H3. The fourth-order valence-corrected chi connectivity index (χ4v) is 2.24. The third kappa shape index (κ3) is 2.28. The van der Waals surface area contributed by atoms with Crippen LogP contribution in [0.5, 0.6) is 0 Å². The Hall–Kier alpha value is -0.870. The van der Waals surface area contributed by atoms with Crippen LogP contribution in [0.15, 0.2) is 12.7 Å². The summed E-state index contributed by atoms with van der Waals surface area (Å²) in [5.41, 5.74) is 0. The molecule has 0 radical (unpaired) electrons. The van der Waals surface area contributed by atoms with Gasteiger partial charge < -0.3 is 15.0 Å². The zero-order chi connectivity index (χ0) is 11.5. The van der Waals surface area contributed by atoms with Crippen LogP contribution in [-0.4, -0.2) is 49.7 Å². The van der Waals surface area contributed by atoms with Crippen LogP contribution < -0.4 is 5.32 Å². The molecule has 2 aliphatic rings. The molecular formula is C12H20N2O2. The van der Waals surface area contributed by atoms with Gasteiger partial charge in [-0.05, 0) is 19.9 Å². The average molecular weight is 224 g/mol. The number of hydrogen-bond donors (Lipinski definition) is 1. The minimum Gasteiger partial charge on any atom is -0.379 e. The predicted molar refractivity (Wildman–Crippen MR) is 62.1 cm³/mol. The Kier molecular flexibility index (Phi) is 3.61. The van der Waals surface area contributed by atoms with Crippen molar-refractivity contribution in [2.75, 3.05) is 26.8 Å². The fraction of sp³-hybridized carbons (Fsp3) is 0.750. The Morgan fingerprint density at radius 1 is 1.56 bits per heavy atom.